The first-order valence-electron chi connectivity index (χ1n) is 5.97. The smallest absolute Gasteiger partial charge is 0.321 e. The van der Waals surface area contributed by atoms with Crippen LogP contribution in [0, 0.1) is 6.92 Å². The van der Waals surface area contributed by atoms with E-state index in [1.54, 1.807) is 7.11 Å². The molecule has 5 heteroatoms. The largest absolute Gasteiger partial charge is 0.496 e. The van der Waals surface area contributed by atoms with E-state index in [4.69, 9.17) is 9.26 Å². The van der Waals surface area contributed by atoms with Gasteiger partial charge in [0.25, 0.3) is 0 Å². The lowest BCUT2D eigenvalue weighted by molar-refractivity contribution is 0.411. The highest BCUT2D eigenvalue weighted by molar-refractivity contribution is 5.59. The quantitative estimate of drug-likeness (QED) is 0.880. The number of nitrogens with zero attached hydrogens (tertiary/aromatic N) is 2. The van der Waals surface area contributed by atoms with Gasteiger partial charge in [0, 0.05) is 12.1 Å². The monoisotopic (exact) mass is 247 g/mol. The van der Waals surface area contributed by atoms with E-state index >= 15 is 0 Å². The second kappa shape index (κ2) is 5.53. The zero-order chi connectivity index (χ0) is 13.0. The molecule has 0 unspecified atom stereocenters. The highest BCUT2D eigenvalue weighted by Crippen LogP contribution is 2.24. The zero-order valence-corrected chi connectivity index (χ0v) is 10.9. The topological polar surface area (TPSA) is 60.2 Å². The second-order valence-corrected chi connectivity index (χ2v) is 4.03. The standard InChI is InChI=1S/C13H17N3O2/c1-4-7-14-13-15-12(16-18-13)10-5-6-11(17-3)9(2)8-10/h5-6,8H,4,7H2,1-3H3,(H,14,15,16). The number of hydrogen-bond acceptors (Lipinski definition) is 5. The van der Waals surface area contributed by atoms with Crippen molar-refractivity contribution in [2.45, 2.75) is 20.3 Å². The number of benzene rings is 1. The van der Waals surface area contributed by atoms with Crippen molar-refractivity contribution in [3.8, 4) is 17.1 Å². The van der Waals surface area contributed by atoms with Crippen LogP contribution in [0.25, 0.3) is 11.4 Å². The van der Waals surface area contributed by atoms with Gasteiger partial charge in [-0.1, -0.05) is 12.1 Å². The number of rotatable bonds is 5. The van der Waals surface area contributed by atoms with Gasteiger partial charge in [-0.3, -0.25) is 0 Å². The van der Waals surface area contributed by atoms with E-state index in [2.05, 4.69) is 22.4 Å². The molecule has 1 heterocycles. The third kappa shape index (κ3) is 2.61. The van der Waals surface area contributed by atoms with Crippen LogP contribution in [0.3, 0.4) is 0 Å². The number of nitrogens with one attached hydrogen (secondary N) is 1. The highest BCUT2D eigenvalue weighted by atomic mass is 16.5. The first-order valence-corrected chi connectivity index (χ1v) is 5.97. The van der Waals surface area contributed by atoms with Crippen LogP contribution in [0.2, 0.25) is 0 Å². The Morgan fingerprint density at radius 1 is 1.39 bits per heavy atom. The van der Waals surface area contributed by atoms with Gasteiger partial charge >= 0.3 is 6.01 Å². The van der Waals surface area contributed by atoms with E-state index in [0.29, 0.717) is 11.8 Å². The molecular formula is C13H17N3O2. The number of aryl methyl sites for hydroxylation is 1. The number of methoxy groups -OCH3 is 1. The van der Waals surface area contributed by atoms with E-state index < -0.39 is 0 Å². The maximum absolute atomic E-state index is 5.22. The van der Waals surface area contributed by atoms with E-state index in [1.807, 2.05) is 25.1 Å². The van der Waals surface area contributed by atoms with Crippen molar-refractivity contribution in [2.24, 2.45) is 0 Å². The summed E-state index contributed by atoms with van der Waals surface area (Å²) in [4.78, 5) is 4.28. The lowest BCUT2D eigenvalue weighted by atomic mass is 10.1. The van der Waals surface area contributed by atoms with Crippen LogP contribution >= 0.6 is 0 Å². The predicted octanol–water partition coefficient (Wildman–Crippen LogP) is 2.88. The van der Waals surface area contributed by atoms with E-state index in [0.717, 1.165) is 29.8 Å². The third-order valence-corrected chi connectivity index (χ3v) is 2.61. The van der Waals surface area contributed by atoms with Gasteiger partial charge in [-0.2, -0.15) is 4.98 Å². The summed E-state index contributed by atoms with van der Waals surface area (Å²) in [6.45, 7) is 4.89. The summed E-state index contributed by atoms with van der Waals surface area (Å²) in [6.07, 6.45) is 1.01. The van der Waals surface area contributed by atoms with Gasteiger partial charge in [-0.25, -0.2) is 0 Å². The Morgan fingerprint density at radius 2 is 2.22 bits per heavy atom. The zero-order valence-electron chi connectivity index (χ0n) is 10.9. The first-order chi connectivity index (χ1) is 8.74. The molecule has 1 aromatic carbocycles. The fourth-order valence-electron chi connectivity index (χ4n) is 1.66. The summed E-state index contributed by atoms with van der Waals surface area (Å²) >= 11 is 0. The molecule has 1 aromatic heterocycles. The van der Waals surface area contributed by atoms with Gasteiger partial charge in [0.15, 0.2) is 0 Å². The van der Waals surface area contributed by atoms with Crippen molar-refractivity contribution in [1.29, 1.82) is 0 Å². The molecule has 5 nitrogen and oxygen atoms in total. The summed E-state index contributed by atoms with van der Waals surface area (Å²) < 4.78 is 10.3. The molecule has 2 rings (SSSR count). The molecule has 0 aliphatic carbocycles. The summed E-state index contributed by atoms with van der Waals surface area (Å²) in [5.41, 5.74) is 1.96. The molecule has 0 aliphatic rings. The third-order valence-electron chi connectivity index (χ3n) is 2.61. The Morgan fingerprint density at radius 3 is 2.89 bits per heavy atom. The van der Waals surface area contributed by atoms with E-state index in [-0.39, 0.29) is 0 Å². The van der Waals surface area contributed by atoms with Crippen LogP contribution in [-0.2, 0) is 0 Å². The maximum Gasteiger partial charge on any atom is 0.321 e. The highest BCUT2D eigenvalue weighted by Gasteiger charge is 2.09. The summed E-state index contributed by atoms with van der Waals surface area (Å²) in [5, 5.41) is 7.00. The van der Waals surface area contributed by atoms with Gasteiger partial charge in [0.2, 0.25) is 5.82 Å². The molecule has 0 fully saturated rings. The predicted molar refractivity (Wildman–Crippen MR) is 69.8 cm³/mol. The Labute approximate surface area is 106 Å². The Bertz CT molecular complexity index is 523. The minimum Gasteiger partial charge on any atom is -0.496 e. The number of anilines is 1. The number of ether oxygens (including phenoxy) is 1. The summed E-state index contributed by atoms with van der Waals surface area (Å²) in [7, 11) is 1.66. The van der Waals surface area contributed by atoms with Crippen LogP contribution in [0.15, 0.2) is 22.7 Å². The average Bonchev–Trinajstić information content (AvgIpc) is 2.85. The van der Waals surface area contributed by atoms with Gasteiger partial charge in [0.1, 0.15) is 5.75 Å². The van der Waals surface area contributed by atoms with Gasteiger partial charge < -0.3 is 14.6 Å². The Balaban J connectivity index is 2.20. The lowest BCUT2D eigenvalue weighted by Crippen LogP contribution is -1.99. The van der Waals surface area contributed by atoms with Crippen LogP contribution in [0.1, 0.15) is 18.9 Å². The van der Waals surface area contributed by atoms with Crippen molar-refractivity contribution in [2.75, 3.05) is 19.0 Å². The van der Waals surface area contributed by atoms with E-state index in [1.165, 1.54) is 0 Å². The molecule has 0 amide bonds. The SMILES string of the molecule is CCCNc1nc(-c2ccc(OC)c(C)c2)no1. The summed E-state index contributed by atoms with van der Waals surface area (Å²) in [5.74, 6) is 1.44. The average molecular weight is 247 g/mol. The lowest BCUT2D eigenvalue weighted by Gasteiger charge is -2.04. The van der Waals surface area contributed by atoms with Crippen molar-refractivity contribution in [3.63, 3.8) is 0 Å². The number of aromatic nitrogens is 2. The molecule has 0 spiro atoms. The van der Waals surface area contributed by atoms with Gasteiger partial charge in [-0.15, -0.1) is 0 Å². The minimum atomic E-state index is 0.459. The van der Waals surface area contributed by atoms with Gasteiger partial charge in [0.05, 0.1) is 7.11 Å². The summed E-state index contributed by atoms with van der Waals surface area (Å²) in [6, 6.07) is 6.26. The first kappa shape index (κ1) is 12.4. The minimum absolute atomic E-state index is 0.459. The molecular weight excluding hydrogens is 230 g/mol. The van der Waals surface area contributed by atoms with Crippen LogP contribution in [0.4, 0.5) is 6.01 Å². The molecule has 0 atom stereocenters. The molecule has 0 saturated heterocycles. The van der Waals surface area contributed by atoms with Crippen LogP contribution in [0.5, 0.6) is 5.75 Å². The van der Waals surface area contributed by atoms with Crippen LogP contribution < -0.4 is 10.1 Å². The second-order valence-electron chi connectivity index (χ2n) is 4.03. The molecule has 2 aromatic rings. The molecule has 18 heavy (non-hydrogen) atoms. The van der Waals surface area contributed by atoms with Crippen molar-refractivity contribution < 1.29 is 9.26 Å². The molecule has 0 radical (unpaired) electrons. The van der Waals surface area contributed by atoms with Crippen molar-refractivity contribution in [3.05, 3.63) is 23.8 Å². The van der Waals surface area contributed by atoms with Crippen molar-refractivity contribution >= 4 is 6.01 Å². The molecule has 0 aliphatic heterocycles. The Hall–Kier alpha value is -2.04. The maximum atomic E-state index is 5.22. The molecule has 0 bridgehead atoms. The number of hydrogen-bond donors (Lipinski definition) is 1. The van der Waals surface area contributed by atoms with Crippen LogP contribution in [-0.4, -0.2) is 23.8 Å². The molecule has 1 N–H and O–H groups in total. The Kier molecular flexibility index (Phi) is 3.82. The normalized spacial score (nSPS) is 10.4. The fraction of sp³-hybridized carbons (Fsp3) is 0.385. The van der Waals surface area contributed by atoms with Gasteiger partial charge in [-0.05, 0) is 37.1 Å². The van der Waals surface area contributed by atoms with E-state index in [9.17, 15) is 0 Å². The fourth-order valence-corrected chi connectivity index (χ4v) is 1.66. The molecule has 0 saturated carbocycles. The van der Waals surface area contributed by atoms with Crippen molar-refractivity contribution in [1.82, 2.24) is 10.1 Å². The molecule has 96 valence electrons.